The lowest BCUT2D eigenvalue weighted by Crippen LogP contribution is -1.95. The van der Waals surface area contributed by atoms with Crippen molar-refractivity contribution in [3.05, 3.63) is 54.9 Å². The van der Waals surface area contributed by atoms with Crippen molar-refractivity contribution in [3.8, 4) is 11.4 Å². The van der Waals surface area contributed by atoms with Gasteiger partial charge in [0, 0.05) is 11.6 Å². The van der Waals surface area contributed by atoms with Gasteiger partial charge < -0.3 is 0 Å². The van der Waals surface area contributed by atoms with Crippen LogP contribution in [-0.2, 0) is 0 Å². The van der Waals surface area contributed by atoms with Crippen LogP contribution in [0.2, 0.25) is 0 Å². The van der Waals surface area contributed by atoms with E-state index in [0.717, 1.165) is 22.6 Å². The molecule has 0 N–H and O–H groups in total. The van der Waals surface area contributed by atoms with Gasteiger partial charge in [0.2, 0.25) is 0 Å². The summed E-state index contributed by atoms with van der Waals surface area (Å²) in [7, 11) is 0. The van der Waals surface area contributed by atoms with Gasteiger partial charge >= 0.3 is 0 Å². The number of para-hydroxylation sites is 1. The van der Waals surface area contributed by atoms with Crippen LogP contribution >= 0.6 is 0 Å². The van der Waals surface area contributed by atoms with Crippen LogP contribution in [-0.4, -0.2) is 14.4 Å². The third-order valence-corrected chi connectivity index (χ3v) is 3.04. The Kier molecular flexibility index (Phi) is 1.56. The van der Waals surface area contributed by atoms with Crippen molar-refractivity contribution in [2.75, 3.05) is 0 Å². The fraction of sp³-hybridized carbons (Fsp3) is 0. The fourth-order valence-corrected chi connectivity index (χ4v) is 2.29. The predicted molar refractivity (Wildman–Crippen MR) is 67.1 cm³/mol. The molecule has 0 bridgehead atoms. The van der Waals surface area contributed by atoms with Crippen LogP contribution < -0.4 is 0 Å². The van der Waals surface area contributed by atoms with E-state index in [0.29, 0.717) is 0 Å². The highest BCUT2D eigenvalue weighted by Gasteiger charge is 2.14. The smallest absolute Gasteiger partial charge is 0.137 e. The highest BCUT2D eigenvalue weighted by atomic mass is 15.0. The van der Waals surface area contributed by atoms with Crippen LogP contribution in [0.4, 0.5) is 0 Å². The summed E-state index contributed by atoms with van der Waals surface area (Å²) < 4.78 is 2.09. The zero-order valence-corrected chi connectivity index (χ0v) is 9.04. The van der Waals surface area contributed by atoms with Gasteiger partial charge in [0.1, 0.15) is 11.3 Å². The van der Waals surface area contributed by atoms with E-state index in [4.69, 9.17) is 0 Å². The molecular weight excluding hydrogens is 210 g/mol. The van der Waals surface area contributed by atoms with Crippen molar-refractivity contribution in [1.29, 1.82) is 0 Å². The van der Waals surface area contributed by atoms with Crippen molar-refractivity contribution in [3.63, 3.8) is 0 Å². The maximum Gasteiger partial charge on any atom is 0.137 e. The van der Waals surface area contributed by atoms with Crippen molar-refractivity contribution in [2.24, 2.45) is 0 Å². The number of aromatic nitrogens is 3. The van der Waals surface area contributed by atoms with E-state index in [1.54, 1.807) is 0 Å². The average molecular weight is 219 g/mol. The molecule has 2 aliphatic heterocycles. The predicted octanol–water partition coefficient (Wildman–Crippen LogP) is 2.99. The number of fused-ring (bicyclic) bond motifs is 5. The number of benzene rings is 1. The molecular formula is C14H9N3. The number of rotatable bonds is 0. The molecule has 3 heterocycles. The van der Waals surface area contributed by atoms with Crippen molar-refractivity contribution in [1.82, 2.24) is 14.4 Å². The Hall–Kier alpha value is -2.42. The molecule has 0 aliphatic carbocycles. The molecule has 4 rings (SSSR count). The molecule has 0 fully saturated rings. The molecule has 0 saturated heterocycles. The highest BCUT2D eigenvalue weighted by Crippen LogP contribution is 2.30. The third kappa shape index (κ3) is 1.11. The van der Waals surface area contributed by atoms with Crippen molar-refractivity contribution >= 4 is 16.6 Å². The molecule has 0 atom stereocenters. The summed E-state index contributed by atoms with van der Waals surface area (Å²) in [6, 6.07) is 14.2. The Morgan fingerprint density at radius 2 is 1.82 bits per heavy atom. The Balaban J connectivity index is 2.33. The second kappa shape index (κ2) is 3.04. The summed E-state index contributed by atoms with van der Waals surface area (Å²) in [5.74, 6) is 0. The lowest BCUT2D eigenvalue weighted by atomic mass is 10.2. The van der Waals surface area contributed by atoms with E-state index < -0.39 is 0 Å². The van der Waals surface area contributed by atoms with Crippen LogP contribution in [0, 0.1) is 0 Å². The molecule has 0 saturated carbocycles. The average Bonchev–Trinajstić information content (AvgIpc) is 2.77. The molecule has 17 heavy (non-hydrogen) atoms. The summed E-state index contributed by atoms with van der Waals surface area (Å²) in [6.07, 6.45) is 3.86. The molecule has 0 amide bonds. The molecule has 2 aromatic rings. The standard InChI is InChI=1S/C14H9N3/c1-2-6-11-10(5-1)14-12(16-11)9-15-13-7-3-4-8-17(13)14/h1-9H. The van der Waals surface area contributed by atoms with E-state index in [-0.39, 0.29) is 0 Å². The molecule has 0 unspecified atom stereocenters. The van der Waals surface area contributed by atoms with Crippen LogP contribution in [0.25, 0.3) is 27.9 Å². The second-order valence-electron chi connectivity index (χ2n) is 4.05. The van der Waals surface area contributed by atoms with Crippen LogP contribution in [0.3, 0.4) is 0 Å². The largest absolute Gasteiger partial charge is 0.299 e. The monoisotopic (exact) mass is 219 g/mol. The molecule has 1 aromatic carbocycles. The highest BCUT2D eigenvalue weighted by molar-refractivity contribution is 5.96. The maximum absolute atomic E-state index is 4.58. The third-order valence-electron chi connectivity index (χ3n) is 3.04. The lowest BCUT2D eigenvalue weighted by Gasteiger charge is -2.06. The van der Waals surface area contributed by atoms with Gasteiger partial charge in [-0.25, -0.2) is 9.97 Å². The first kappa shape index (κ1) is 8.70. The van der Waals surface area contributed by atoms with Gasteiger partial charge in [-0.3, -0.25) is 4.40 Å². The fourth-order valence-electron chi connectivity index (χ4n) is 2.29. The molecule has 2 aliphatic rings. The minimum Gasteiger partial charge on any atom is -0.299 e. The first-order chi connectivity index (χ1) is 8.43. The van der Waals surface area contributed by atoms with Crippen LogP contribution in [0.15, 0.2) is 54.9 Å². The van der Waals surface area contributed by atoms with Crippen molar-refractivity contribution < 1.29 is 0 Å². The molecule has 3 heteroatoms. The topological polar surface area (TPSA) is 30.2 Å². The molecule has 3 nitrogen and oxygen atoms in total. The van der Waals surface area contributed by atoms with E-state index in [2.05, 4.69) is 20.4 Å². The minimum atomic E-state index is 0.940. The van der Waals surface area contributed by atoms with Gasteiger partial charge in [0.15, 0.2) is 0 Å². The Morgan fingerprint density at radius 1 is 0.941 bits per heavy atom. The molecule has 0 radical (unpaired) electrons. The van der Waals surface area contributed by atoms with E-state index in [1.807, 2.05) is 48.8 Å². The van der Waals surface area contributed by atoms with Crippen LogP contribution in [0.1, 0.15) is 0 Å². The number of hydrogen-bond acceptors (Lipinski definition) is 2. The second-order valence-corrected chi connectivity index (χ2v) is 4.05. The van der Waals surface area contributed by atoms with Gasteiger partial charge in [-0.2, -0.15) is 0 Å². The Labute approximate surface area is 97.7 Å². The van der Waals surface area contributed by atoms with Gasteiger partial charge in [-0.1, -0.05) is 24.3 Å². The van der Waals surface area contributed by atoms with Gasteiger partial charge in [-0.15, -0.1) is 0 Å². The SMILES string of the molecule is c1ccc2c3n4ccccc4ncc-3nc2c1. The van der Waals surface area contributed by atoms with Crippen molar-refractivity contribution in [2.45, 2.75) is 0 Å². The zero-order valence-electron chi connectivity index (χ0n) is 9.04. The first-order valence-corrected chi connectivity index (χ1v) is 5.54. The number of nitrogens with zero attached hydrogens (tertiary/aromatic N) is 3. The summed E-state index contributed by atoms with van der Waals surface area (Å²) in [6.45, 7) is 0. The Bertz CT molecular complexity index is 795. The van der Waals surface area contributed by atoms with Crippen LogP contribution in [0.5, 0.6) is 0 Å². The van der Waals surface area contributed by atoms with Gasteiger partial charge in [0.05, 0.1) is 17.4 Å². The summed E-state index contributed by atoms with van der Waals surface area (Å²) in [5, 5.41) is 1.17. The summed E-state index contributed by atoms with van der Waals surface area (Å²) in [4.78, 5) is 8.99. The molecule has 0 spiro atoms. The number of hydrogen-bond donors (Lipinski definition) is 0. The quantitative estimate of drug-likeness (QED) is 0.455. The van der Waals surface area contributed by atoms with Gasteiger partial charge in [-0.05, 0) is 18.2 Å². The molecule has 1 aromatic heterocycles. The summed E-state index contributed by atoms with van der Waals surface area (Å²) >= 11 is 0. The number of pyridine rings is 1. The first-order valence-electron chi connectivity index (χ1n) is 5.54. The lowest BCUT2D eigenvalue weighted by molar-refractivity contribution is 1.10. The normalized spacial score (nSPS) is 11.5. The molecule has 80 valence electrons. The summed E-state index contributed by atoms with van der Waals surface area (Å²) in [5.41, 5.74) is 4.03. The Morgan fingerprint density at radius 3 is 2.82 bits per heavy atom. The van der Waals surface area contributed by atoms with E-state index in [9.17, 15) is 0 Å². The van der Waals surface area contributed by atoms with E-state index in [1.165, 1.54) is 5.39 Å². The van der Waals surface area contributed by atoms with E-state index >= 15 is 0 Å². The minimum absolute atomic E-state index is 0.940. The zero-order chi connectivity index (χ0) is 11.2. The van der Waals surface area contributed by atoms with Gasteiger partial charge in [0.25, 0.3) is 0 Å². The maximum atomic E-state index is 4.58.